The molecule has 5 nitrogen and oxygen atoms in total. The highest BCUT2D eigenvalue weighted by atomic mass is 16.5. The lowest BCUT2D eigenvalue weighted by atomic mass is 10.0. The molecule has 18 heavy (non-hydrogen) atoms. The molecule has 0 radical (unpaired) electrons. The van der Waals surface area contributed by atoms with Crippen LogP contribution in [0.4, 0.5) is 0 Å². The Morgan fingerprint density at radius 2 is 2.11 bits per heavy atom. The number of nitrogens with zero attached hydrogens (tertiary/aromatic N) is 2. The van der Waals surface area contributed by atoms with Crippen molar-refractivity contribution in [2.24, 2.45) is 5.73 Å². The average molecular weight is 243 g/mol. The summed E-state index contributed by atoms with van der Waals surface area (Å²) in [5.74, 6) is 0.0713. The minimum Gasteiger partial charge on any atom is -0.494 e. The van der Waals surface area contributed by atoms with Gasteiger partial charge in [-0.2, -0.15) is 0 Å². The number of rotatable bonds is 3. The largest absolute Gasteiger partial charge is 0.494 e. The average Bonchev–Trinajstić information content (AvgIpc) is 2.38. The Morgan fingerprint density at radius 3 is 2.78 bits per heavy atom. The summed E-state index contributed by atoms with van der Waals surface area (Å²) in [6.45, 7) is 1.85. The Hall–Kier alpha value is -2.43. The molecule has 92 valence electrons. The number of pyridine rings is 2. The third kappa shape index (κ3) is 2.15. The van der Waals surface area contributed by atoms with Gasteiger partial charge in [-0.05, 0) is 19.1 Å². The Morgan fingerprint density at radius 1 is 1.33 bits per heavy atom. The molecule has 0 spiro atoms. The number of amides is 1. The van der Waals surface area contributed by atoms with E-state index in [0.717, 1.165) is 11.3 Å². The van der Waals surface area contributed by atoms with Crippen LogP contribution in [-0.4, -0.2) is 23.0 Å². The molecular formula is C13H13N3O2. The second-order valence-corrected chi connectivity index (χ2v) is 3.81. The van der Waals surface area contributed by atoms with E-state index in [1.54, 1.807) is 31.6 Å². The molecule has 0 unspecified atom stereocenters. The minimum atomic E-state index is -0.517. The summed E-state index contributed by atoms with van der Waals surface area (Å²) in [5, 5.41) is 0. The van der Waals surface area contributed by atoms with Crippen LogP contribution in [-0.2, 0) is 0 Å². The van der Waals surface area contributed by atoms with Gasteiger partial charge in [0.05, 0.1) is 18.9 Å². The fourth-order valence-corrected chi connectivity index (χ4v) is 1.74. The fraction of sp³-hybridized carbons (Fsp3) is 0.154. The number of carbonyl (C=O) groups is 1. The highest BCUT2D eigenvalue weighted by Crippen LogP contribution is 2.31. The first-order valence-corrected chi connectivity index (χ1v) is 5.38. The molecule has 2 aromatic rings. The van der Waals surface area contributed by atoms with Gasteiger partial charge in [0.2, 0.25) is 0 Å². The monoisotopic (exact) mass is 243 g/mol. The lowest BCUT2D eigenvalue weighted by Crippen LogP contribution is -2.13. The Kier molecular flexibility index (Phi) is 3.23. The van der Waals surface area contributed by atoms with Crippen molar-refractivity contribution >= 4 is 5.91 Å². The highest BCUT2D eigenvalue weighted by molar-refractivity contribution is 6.00. The third-order valence-corrected chi connectivity index (χ3v) is 2.60. The number of primary amides is 1. The predicted octanol–water partition coefficient (Wildman–Crippen LogP) is 1.56. The molecule has 0 aliphatic carbocycles. The van der Waals surface area contributed by atoms with Gasteiger partial charge in [0.25, 0.3) is 5.91 Å². The zero-order valence-electron chi connectivity index (χ0n) is 10.2. The normalized spacial score (nSPS) is 10.1. The predicted molar refractivity (Wildman–Crippen MR) is 67.3 cm³/mol. The van der Waals surface area contributed by atoms with Crippen LogP contribution in [0.15, 0.2) is 30.7 Å². The Labute approximate surface area is 105 Å². The summed E-state index contributed by atoms with van der Waals surface area (Å²) < 4.78 is 5.24. The molecule has 2 rings (SSSR count). The third-order valence-electron chi connectivity index (χ3n) is 2.60. The quantitative estimate of drug-likeness (QED) is 0.887. The summed E-state index contributed by atoms with van der Waals surface area (Å²) >= 11 is 0. The molecule has 2 N–H and O–H groups in total. The number of aryl methyl sites for hydroxylation is 1. The van der Waals surface area contributed by atoms with E-state index < -0.39 is 5.91 Å². The van der Waals surface area contributed by atoms with Crippen molar-refractivity contribution in [1.29, 1.82) is 0 Å². The van der Waals surface area contributed by atoms with E-state index >= 15 is 0 Å². The highest BCUT2D eigenvalue weighted by Gasteiger charge is 2.14. The fourth-order valence-electron chi connectivity index (χ4n) is 1.74. The number of carbonyl (C=O) groups excluding carboxylic acids is 1. The summed E-state index contributed by atoms with van der Waals surface area (Å²) in [7, 11) is 1.55. The van der Waals surface area contributed by atoms with Crippen molar-refractivity contribution in [1.82, 2.24) is 9.97 Å². The van der Waals surface area contributed by atoms with Crippen LogP contribution in [0.5, 0.6) is 5.75 Å². The van der Waals surface area contributed by atoms with E-state index in [9.17, 15) is 4.79 Å². The minimum absolute atomic E-state index is 0.366. The first-order chi connectivity index (χ1) is 8.63. The van der Waals surface area contributed by atoms with E-state index in [0.29, 0.717) is 16.9 Å². The molecule has 5 heteroatoms. The SMILES string of the molecule is COc1cnccc1-c1cc(C)ncc1C(N)=O. The number of nitrogens with two attached hydrogens (primary N) is 1. The maximum Gasteiger partial charge on any atom is 0.250 e. The molecule has 0 saturated heterocycles. The van der Waals surface area contributed by atoms with Gasteiger partial charge in [-0.25, -0.2) is 0 Å². The molecule has 0 aromatic carbocycles. The molecule has 1 amide bonds. The summed E-state index contributed by atoms with van der Waals surface area (Å²) in [6, 6.07) is 3.58. The zero-order valence-corrected chi connectivity index (χ0v) is 10.2. The summed E-state index contributed by atoms with van der Waals surface area (Å²) in [5.41, 5.74) is 8.00. The summed E-state index contributed by atoms with van der Waals surface area (Å²) in [4.78, 5) is 19.5. The molecule has 0 aliphatic rings. The number of methoxy groups -OCH3 is 1. The van der Waals surface area contributed by atoms with Gasteiger partial charge in [-0.15, -0.1) is 0 Å². The topological polar surface area (TPSA) is 78.1 Å². The maximum atomic E-state index is 11.4. The Balaban J connectivity index is 2.69. The van der Waals surface area contributed by atoms with Crippen molar-refractivity contribution in [2.75, 3.05) is 7.11 Å². The molecule has 0 fully saturated rings. The zero-order chi connectivity index (χ0) is 13.1. The lowest BCUT2D eigenvalue weighted by Gasteiger charge is -2.11. The van der Waals surface area contributed by atoms with Gasteiger partial charge >= 0.3 is 0 Å². The van der Waals surface area contributed by atoms with Crippen molar-refractivity contribution in [3.63, 3.8) is 0 Å². The van der Waals surface area contributed by atoms with Crippen LogP contribution in [0.3, 0.4) is 0 Å². The molecule has 2 heterocycles. The van der Waals surface area contributed by atoms with Gasteiger partial charge in [0, 0.05) is 29.2 Å². The van der Waals surface area contributed by atoms with Gasteiger partial charge in [0.1, 0.15) is 5.75 Å². The number of hydrogen-bond donors (Lipinski definition) is 1. The molecule has 0 bridgehead atoms. The molecule has 2 aromatic heterocycles. The van der Waals surface area contributed by atoms with Crippen molar-refractivity contribution in [2.45, 2.75) is 6.92 Å². The smallest absolute Gasteiger partial charge is 0.250 e. The van der Waals surface area contributed by atoms with Gasteiger partial charge in [-0.3, -0.25) is 14.8 Å². The molecule has 0 saturated carbocycles. The summed E-state index contributed by atoms with van der Waals surface area (Å²) in [6.07, 6.45) is 4.71. The van der Waals surface area contributed by atoms with Crippen molar-refractivity contribution < 1.29 is 9.53 Å². The van der Waals surface area contributed by atoms with E-state index in [1.165, 1.54) is 6.20 Å². The van der Waals surface area contributed by atoms with E-state index in [1.807, 2.05) is 6.92 Å². The van der Waals surface area contributed by atoms with E-state index in [2.05, 4.69) is 9.97 Å². The Bertz CT molecular complexity index is 597. The number of aromatic nitrogens is 2. The van der Waals surface area contributed by atoms with Crippen molar-refractivity contribution in [3.8, 4) is 16.9 Å². The number of hydrogen-bond acceptors (Lipinski definition) is 4. The van der Waals surface area contributed by atoms with Gasteiger partial charge in [0.15, 0.2) is 0 Å². The van der Waals surface area contributed by atoms with E-state index in [4.69, 9.17) is 10.5 Å². The van der Waals surface area contributed by atoms with Crippen LogP contribution in [0.1, 0.15) is 16.1 Å². The molecule has 0 atom stereocenters. The van der Waals surface area contributed by atoms with Crippen LogP contribution in [0, 0.1) is 6.92 Å². The first kappa shape index (κ1) is 12.0. The molecular weight excluding hydrogens is 230 g/mol. The van der Waals surface area contributed by atoms with Crippen LogP contribution < -0.4 is 10.5 Å². The maximum absolute atomic E-state index is 11.4. The van der Waals surface area contributed by atoms with Crippen LogP contribution in [0.25, 0.3) is 11.1 Å². The number of ether oxygens (including phenoxy) is 1. The molecule has 0 aliphatic heterocycles. The second-order valence-electron chi connectivity index (χ2n) is 3.81. The standard InChI is InChI=1S/C13H13N3O2/c1-8-5-10(11(6-16-8)13(14)17)9-3-4-15-7-12(9)18-2/h3-7H,1-2H3,(H2,14,17). The lowest BCUT2D eigenvalue weighted by molar-refractivity contribution is 0.100. The van der Waals surface area contributed by atoms with Crippen molar-refractivity contribution in [3.05, 3.63) is 42.0 Å². The first-order valence-electron chi connectivity index (χ1n) is 5.38. The van der Waals surface area contributed by atoms with Crippen LogP contribution >= 0.6 is 0 Å². The second kappa shape index (κ2) is 4.83. The van der Waals surface area contributed by atoms with Gasteiger partial charge < -0.3 is 10.5 Å². The van der Waals surface area contributed by atoms with Crippen LogP contribution in [0.2, 0.25) is 0 Å². The van der Waals surface area contributed by atoms with Gasteiger partial charge in [-0.1, -0.05) is 0 Å². The van der Waals surface area contributed by atoms with E-state index in [-0.39, 0.29) is 0 Å².